The molecule has 0 aliphatic carbocycles. The third kappa shape index (κ3) is 7.78. The van der Waals surface area contributed by atoms with Crippen molar-refractivity contribution in [1.82, 2.24) is 10.2 Å². The van der Waals surface area contributed by atoms with Crippen LogP contribution in [0, 0.1) is 5.92 Å². The van der Waals surface area contributed by atoms with Gasteiger partial charge in [0.15, 0.2) is 0 Å². The Morgan fingerprint density at radius 2 is 1.61 bits per heavy atom. The van der Waals surface area contributed by atoms with Crippen molar-refractivity contribution in [2.75, 3.05) is 30.8 Å². The predicted octanol–water partition coefficient (Wildman–Crippen LogP) is 2.65. The number of rotatable bonds is 11. The summed E-state index contributed by atoms with van der Waals surface area (Å²) in [7, 11) is -2.25. The van der Waals surface area contributed by atoms with Gasteiger partial charge in [-0.3, -0.25) is 13.9 Å². The van der Waals surface area contributed by atoms with E-state index in [1.807, 2.05) is 44.2 Å². The number of sulfonamides is 1. The summed E-state index contributed by atoms with van der Waals surface area (Å²) in [4.78, 5) is 27.6. The van der Waals surface area contributed by atoms with Gasteiger partial charge in [-0.05, 0) is 42.7 Å². The van der Waals surface area contributed by atoms with Crippen molar-refractivity contribution in [2.45, 2.75) is 33.4 Å². The first-order valence-electron chi connectivity index (χ1n) is 10.8. The summed E-state index contributed by atoms with van der Waals surface area (Å²) < 4.78 is 31.2. The first-order chi connectivity index (χ1) is 15.5. The predicted molar refractivity (Wildman–Crippen MR) is 129 cm³/mol. The maximum atomic E-state index is 13.4. The van der Waals surface area contributed by atoms with E-state index in [9.17, 15) is 18.0 Å². The molecule has 8 nitrogen and oxygen atoms in total. The SMILES string of the molecule is COc1ccc(N(CC(=O)N(Cc2ccccc2)C(C)C(=O)NCC(C)C)S(C)(=O)=O)cc1. The number of carbonyl (C=O) groups excluding carboxylic acids is 2. The summed E-state index contributed by atoms with van der Waals surface area (Å²) in [6, 6.07) is 14.9. The fourth-order valence-electron chi connectivity index (χ4n) is 3.18. The Labute approximate surface area is 196 Å². The Kier molecular flexibility index (Phi) is 9.28. The molecule has 180 valence electrons. The van der Waals surface area contributed by atoms with Gasteiger partial charge in [-0.1, -0.05) is 44.2 Å². The Balaban J connectivity index is 2.32. The lowest BCUT2D eigenvalue weighted by molar-refractivity contribution is -0.139. The van der Waals surface area contributed by atoms with E-state index < -0.39 is 28.5 Å². The zero-order chi connectivity index (χ0) is 24.6. The highest BCUT2D eigenvalue weighted by Crippen LogP contribution is 2.22. The maximum Gasteiger partial charge on any atom is 0.244 e. The van der Waals surface area contributed by atoms with Gasteiger partial charge >= 0.3 is 0 Å². The molecular formula is C24H33N3O5S. The number of nitrogens with one attached hydrogen (secondary N) is 1. The van der Waals surface area contributed by atoms with Crippen molar-refractivity contribution < 1.29 is 22.7 Å². The number of benzene rings is 2. The average Bonchev–Trinajstić information content (AvgIpc) is 2.78. The second-order valence-corrected chi connectivity index (χ2v) is 10.2. The van der Waals surface area contributed by atoms with Crippen LogP contribution in [0.15, 0.2) is 54.6 Å². The van der Waals surface area contributed by atoms with E-state index in [0.29, 0.717) is 18.0 Å². The van der Waals surface area contributed by atoms with Gasteiger partial charge in [0.2, 0.25) is 21.8 Å². The number of carbonyl (C=O) groups is 2. The number of anilines is 1. The highest BCUT2D eigenvalue weighted by Gasteiger charge is 2.30. The molecule has 33 heavy (non-hydrogen) atoms. The molecule has 2 rings (SSSR count). The molecule has 0 fully saturated rings. The topological polar surface area (TPSA) is 96.0 Å². The van der Waals surface area contributed by atoms with Gasteiger partial charge in [-0.2, -0.15) is 0 Å². The molecule has 0 saturated heterocycles. The van der Waals surface area contributed by atoms with Crippen molar-refractivity contribution in [3.8, 4) is 5.75 Å². The Morgan fingerprint density at radius 3 is 2.12 bits per heavy atom. The minimum absolute atomic E-state index is 0.177. The smallest absolute Gasteiger partial charge is 0.244 e. The highest BCUT2D eigenvalue weighted by atomic mass is 32.2. The van der Waals surface area contributed by atoms with Crippen molar-refractivity contribution in [3.05, 3.63) is 60.2 Å². The van der Waals surface area contributed by atoms with Gasteiger partial charge in [0.05, 0.1) is 19.1 Å². The molecule has 0 saturated carbocycles. The second kappa shape index (κ2) is 11.7. The van der Waals surface area contributed by atoms with Crippen LogP contribution in [-0.2, 0) is 26.2 Å². The van der Waals surface area contributed by atoms with Crippen LogP contribution in [0.4, 0.5) is 5.69 Å². The van der Waals surface area contributed by atoms with E-state index in [4.69, 9.17) is 4.74 Å². The van der Waals surface area contributed by atoms with E-state index in [1.54, 1.807) is 31.2 Å². The van der Waals surface area contributed by atoms with Gasteiger partial charge in [-0.15, -0.1) is 0 Å². The van der Waals surface area contributed by atoms with Crippen LogP contribution in [0.1, 0.15) is 26.3 Å². The number of hydrogen-bond acceptors (Lipinski definition) is 5. The van der Waals surface area contributed by atoms with E-state index >= 15 is 0 Å². The van der Waals surface area contributed by atoms with Gasteiger partial charge in [0.1, 0.15) is 18.3 Å². The van der Waals surface area contributed by atoms with Gasteiger partial charge in [0, 0.05) is 13.1 Å². The highest BCUT2D eigenvalue weighted by molar-refractivity contribution is 7.92. The molecule has 0 radical (unpaired) electrons. The molecule has 0 bridgehead atoms. The van der Waals surface area contributed by atoms with E-state index in [2.05, 4.69) is 5.32 Å². The summed E-state index contributed by atoms with van der Waals surface area (Å²) in [5, 5.41) is 2.85. The summed E-state index contributed by atoms with van der Waals surface area (Å²) in [5.74, 6) is 0.0607. The second-order valence-electron chi connectivity index (χ2n) is 8.29. The molecule has 1 atom stereocenters. The standard InChI is InChI=1S/C24H33N3O5S/c1-18(2)15-25-24(29)19(3)26(16-20-9-7-6-8-10-20)23(28)17-27(33(5,30)31)21-11-13-22(32-4)14-12-21/h6-14,18-19H,15-17H2,1-5H3,(H,25,29). The maximum absolute atomic E-state index is 13.4. The van der Waals surface area contributed by atoms with Crippen molar-refractivity contribution in [2.24, 2.45) is 5.92 Å². The monoisotopic (exact) mass is 475 g/mol. The van der Waals surface area contributed by atoms with Gasteiger partial charge < -0.3 is 15.0 Å². The largest absolute Gasteiger partial charge is 0.497 e. The van der Waals surface area contributed by atoms with Crippen LogP contribution in [0.3, 0.4) is 0 Å². The molecule has 0 spiro atoms. The van der Waals surface area contributed by atoms with Gasteiger partial charge in [-0.25, -0.2) is 8.42 Å². The number of ether oxygens (including phenoxy) is 1. The molecule has 2 aromatic carbocycles. The van der Waals surface area contributed by atoms with Crippen LogP contribution in [-0.4, -0.2) is 57.6 Å². The quantitative estimate of drug-likeness (QED) is 0.539. The van der Waals surface area contributed by atoms with Gasteiger partial charge in [0.25, 0.3) is 0 Å². The molecule has 0 aromatic heterocycles. The molecule has 0 aliphatic rings. The molecule has 9 heteroatoms. The number of nitrogens with zero attached hydrogens (tertiary/aromatic N) is 2. The Hall–Kier alpha value is -3.07. The van der Waals surface area contributed by atoms with Crippen LogP contribution in [0.25, 0.3) is 0 Å². The normalized spacial score (nSPS) is 12.2. The fourth-order valence-corrected chi connectivity index (χ4v) is 4.03. The van der Waals surface area contributed by atoms with Crippen molar-refractivity contribution in [3.63, 3.8) is 0 Å². The van der Waals surface area contributed by atoms with E-state index in [-0.39, 0.29) is 18.4 Å². The van der Waals surface area contributed by atoms with Crippen LogP contribution < -0.4 is 14.4 Å². The summed E-state index contributed by atoms with van der Waals surface area (Å²) in [6.45, 7) is 5.84. The molecule has 1 N–H and O–H groups in total. The molecule has 1 unspecified atom stereocenters. The number of amides is 2. The lowest BCUT2D eigenvalue weighted by Gasteiger charge is -2.31. The zero-order valence-electron chi connectivity index (χ0n) is 19.8. The van der Waals surface area contributed by atoms with Crippen LogP contribution in [0.5, 0.6) is 5.75 Å². The summed E-state index contributed by atoms with van der Waals surface area (Å²) >= 11 is 0. The first kappa shape index (κ1) is 26.2. The average molecular weight is 476 g/mol. The molecule has 0 aliphatic heterocycles. The Bertz CT molecular complexity index is 1020. The summed E-state index contributed by atoms with van der Waals surface area (Å²) in [6.07, 6.45) is 1.05. The molecule has 0 heterocycles. The molecule has 2 amide bonds. The number of hydrogen-bond donors (Lipinski definition) is 1. The lowest BCUT2D eigenvalue weighted by atomic mass is 10.1. The molecule has 2 aromatic rings. The van der Waals surface area contributed by atoms with Crippen molar-refractivity contribution in [1.29, 1.82) is 0 Å². The minimum atomic E-state index is -3.76. The lowest BCUT2D eigenvalue weighted by Crippen LogP contribution is -2.51. The third-order valence-corrected chi connectivity index (χ3v) is 6.23. The van der Waals surface area contributed by atoms with Crippen molar-refractivity contribution >= 4 is 27.5 Å². The van der Waals surface area contributed by atoms with Crippen LogP contribution >= 0.6 is 0 Å². The fraction of sp³-hybridized carbons (Fsp3) is 0.417. The molecular weight excluding hydrogens is 442 g/mol. The zero-order valence-corrected chi connectivity index (χ0v) is 20.6. The third-order valence-electron chi connectivity index (χ3n) is 5.09. The summed E-state index contributed by atoms with van der Waals surface area (Å²) in [5.41, 5.74) is 1.17. The van der Waals surface area contributed by atoms with E-state index in [0.717, 1.165) is 16.1 Å². The minimum Gasteiger partial charge on any atom is -0.497 e. The van der Waals surface area contributed by atoms with E-state index in [1.165, 1.54) is 12.0 Å². The Morgan fingerprint density at radius 1 is 1.00 bits per heavy atom. The first-order valence-corrected chi connectivity index (χ1v) is 12.6. The van der Waals surface area contributed by atoms with Crippen LogP contribution in [0.2, 0.25) is 0 Å². The number of methoxy groups -OCH3 is 1.